The molecular formula is C22H29NO6. The Hall–Kier alpha value is -2.83. The van der Waals surface area contributed by atoms with Crippen molar-refractivity contribution in [3.05, 3.63) is 39.7 Å². The maximum Gasteiger partial charge on any atom is 0.408 e. The van der Waals surface area contributed by atoms with Gasteiger partial charge in [0.2, 0.25) is 0 Å². The number of rotatable bonds is 5. The average Bonchev–Trinajstić information content (AvgIpc) is 2.62. The highest BCUT2D eigenvalue weighted by atomic mass is 16.6. The van der Waals surface area contributed by atoms with Crippen molar-refractivity contribution in [1.82, 2.24) is 5.32 Å². The van der Waals surface area contributed by atoms with E-state index in [-0.39, 0.29) is 11.7 Å². The Kier molecular flexibility index (Phi) is 6.72. The van der Waals surface area contributed by atoms with Crippen LogP contribution in [0.5, 0.6) is 5.75 Å². The van der Waals surface area contributed by atoms with E-state index < -0.39 is 29.3 Å². The fourth-order valence-corrected chi connectivity index (χ4v) is 2.78. The number of ether oxygens (including phenoxy) is 2. The third-order valence-corrected chi connectivity index (χ3v) is 4.79. The van der Waals surface area contributed by atoms with Crippen molar-refractivity contribution >= 4 is 23.0 Å². The Bertz CT molecular complexity index is 970. The van der Waals surface area contributed by atoms with Crippen molar-refractivity contribution in [3.63, 3.8) is 0 Å². The first-order chi connectivity index (χ1) is 13.4. The molecule has 0 aliphatic rings. The Morgan fingerprint density at radius 2 is 1.83 bits per heavy atom. The number of hydrogen-bond donors (Lipinski definition) is 1. The predicted molar refractivity (Wildman–Crippen MR) is 110 cm³/mol. The molecule has 1 amide bonds. The van der Waals surface area contributed by atoms with Gasteiger partial charge in [-0.2, -0.15) is 0 Å². The second-order valence-electron chi connectivity index (χ2n) is 8.23. The van der Waals surface area contributed by atoms with Crippen molar-refractivity contribution in [1.29, 1.82) is 0 Å². The highest BCUT2D eigenvalue weighted by Crippen LogP contribution is 2.24. The van der Waals surface area contributed by atoms with E-state index in [0.29, 0.717) is 17.6 Å². The lowest BCUT2D eigenvalue weighted by Gasteiger charge is -2.25. The maximum absolute atomic E-state index is 12.8. The highest BCUT2D eigenvalue weighted by Gasteiger charge is 2.30. The third-order valence-electron chi connectivity index (χ3n) is 4.79. The highest BCUT2D eigenvalue weighted by molar-refractivity contribution is 5.86. The lowest BCUT2D eigenvalue weighted by atomic mass is 9.99. The van der Waals surface area contributed by atoms with E-state index >= 15 is 0 Å². The number of esters is 1. The number of aryl methyl sites for hydroxylation is 1. The van der Waals surface area contributed by atoms with E-state index in [4.69, 9.17) is 13.9 Å². The minimum absolute atomic E-state index is 0.168. The summed E-state index contributed by atoms with van der Waals surface area (Å²) in [5.74, 6) is -0.553. The minimum atomic E-state index is -0.877. The zero-order chi connectivity index (χ0) is 21.9. The standard InChI is InChI=1S/C22H29NO6/c1-8-12(2)18(23-21(26)29-22(5,6)7)20(25)27-15-9-10-16-13(3)14(4)19(24)28-17(16)11-15/h9-12,18H,8H2,1-7H3,(H,23,26)/t12-,18-/m0/s1. The zero-order valence-corrected chi connectivity index (χ0v) is 18.0. The van der Waals surface area contributed by atoms with Gasteiger partial charge in [-0.1, -0.05) is 20.3 Å². The number of fused-ring (bicyclic) bond motifs is 1. The van der Waals surface area contributed by atoms with Gasteiger partial charge in [-0.3, -0.25) is 0 Å². The second-order valence-corrected chi connectivity index (χ2v) is 8.23. The molecule has 1 N–H and O–H groups in total. The van der Waals surface area contributed by atoms with Crippen LogP contribution in [0.2, 0.25) is 0 Å². The first-order valence-electron chi connectivity index (χ1n) is 9.68. The first kappa shape index (κ1) is 22.5. The molecular weight excluding hydrogens is 374 g/mol. The van der Waals surface area contributed by atoms with Gasteiger partial charge in [-0.05, 0) is 58.2 Å². The van der Waals surface area contributed by atoms with Crippen molar-refractivity contribution in [2.45, 2.75) is 66.5 Å². The maximum atomic E-state index is 12.8. The van der Waals surface area contributed by atoms with Crippen LogP contribution in [0.25, 0.3) is 11.0 Å². The summed E-state index contributed by atoms with van der Waals surface area (Å²) in [7, 11) is 0. The second kappa shape index (κ2) is 8.68. The monoisotopic (exact) mass is 403 g/mol. The van der Waals surface area contributed by atoms with Crippen molar-refractivity contribution in [3.8, 4) is 5.75 Å². The van der Waals surface area contributed by atoms with E-state index in [1.807, 2.05) is 20.8 Å². The van der Waals surface area contributed by atoms with Gasteiger partial charge in [-0.25, -0.2) is 14.4 Å². The van der Waals surface area contributed by atoms with Gasteiger partial charge in [0, 0.05) is 17.0 Å². The molecule has 0 fully saturated rings. The summed E-state index contributed by atoms with van der Waals surface area (Å²) in [6.07, 6.45) is -0.0314. The minimum Gasteiger partial charge on any atom is -0.444 e. The van der Waals surface area contributed by atoms with Gasteiger partial charge in [0.15, 0.2) is 0 Å². The number of carbonyl (C=O) groups excluding carboxylic acids is 2. The number of nitrogens with one attached hydrogen (secondary N) is 1. The number of hydrogen-bond acceptors (Lipinski definition) is 6. The molecule has 2 rings (SSSR count). The average molecular weight is 403 g/mol. The first-order valence-corrected chi connectivity index (χ1v) is 9.68. The fourth-order valence-electron chi connectivity index (χ4n) is 2.78. The van der Waals surface area contributed by atoms with E-state index in [2.05, 4.69) is 5.32 Å². The number of benzene rings is 1. The fraction of sp³-hybridized carbons (Fsp3) is 0.500. The van der Waals surface area contributed by atoms with Crippen LogP contribution in [-0.2, 0) is 9.53 Å². The van der Waals surface area contributed by atoms with Gasteiger partial charge in [-0.15, -0.1) is 0 Å². The number of carbonyl (C=O) groups is 2. The summed E-state index contributed by atoms with van der Waals surface area (Å²) >= 11 is 0. The normalized spacial score (nSPS) is 13.6. The summed E-state index contributed by atoms with van der Waals surface area (Å²) in [6, 6.07) is 4.00. The number of amides is 1. The Labute approximate surface area is 170 Å². The Morgan fingerprint density at radius 3 is 2.41 bits per heavy atom. The van der Waals surface area contributed by atoms with Gasteiger partial charge >= 0.3 is 17.7 Å². The molecule has 1 heterocycles. The molecule has 2 aromatic rings. The van der Waals surface area contributed by atoms with Crippen molar-refractivity contribution in [2.24, 2.45) is 5.92 Å². The third kappa shape index (κ3) is 5.59. The van der Waals surface area contributed by atoms with E-state index in [0.717, 1.165) is 10.9 Å². The summed E-state index contributed by atoms with van der Waals surface area (Å²) in [6.45, 7) is 12.5. The molecule has 7 heteroatoms. The van der Waals surface area contributed by atoms with Gasteiger partial charge in [0.1, 0.15) is 23.0 Å². The molecule has 2 atom stereocenters. The van der Waals surface area contributed by atoms with Crippen LogP contribution in [-0.4, -0.2) is 23.7 Å². The lowest BCUT2D eigenvalue weighted by molar-refractivity contribution is -0.138. The summed E-state index contributed by atoms with van der Waals surface area (Å²) < 4.78 is 16.0. The molecule has 29 heavy (non-hydrogen) atoms. The Balaban J connectivity index is 2.25. The van der Waals surface area contributed by atoms with Crippen LogP contribution in [0.1, 0.15) is 52.2 Å². The number of alkyl carbamates (subject to hydrolysis) is 1. The molecule has 0 saturated heterocycles. The van der Waals surface area contributed by atoms with Gasteiger partial charge in [0.05, 0.1) is 0 Å². The largest absolute Gasteiger partial charge is 0.444 e. The Morgan fingerprint density at radius 1 is 1.17 bits per heavy atom. The molecule has 0 radical (unpaired) electrons. The predicted octanol–water partition coefficient (Wildman–Crippen LogP) is 4.25. The van der Waals surface area contributed by atoms with E-state index in [1.165, 1.54) is 6.07 Å². The van der Waals surface area contributed by atoms with Gasteiger partial charge in [0.25, 0.3) is 0 Å². The summed E-state index contributed by atoms with van der Waals surface area (Å²) in [4.78, 5) is 36.8. The van der Waals surface area contributed by atoms with Crippen LogP contribution in [0.15, 0.2) is 27.4 Å². The molecule has 158 valence electrons. The smallest absolute Gasteiger partial charge is 0.408 e. The van der Waals surface area contributed by atoms with Crippen LogP contribution in [0.3, 0.4) is 0 Å². The van der Waals surface area contributed by atoms with Crippen LogP contribution >= 0.6 is 0 Å². The summed E-state index contributed by atoms with van der Waals surface area (Å²) in [5.41, 5.74) is 0.588. The molecule has 1 aromatic heterocycles. The zero-order valence-electron chi connectivity index (χ0n) is 18.0. The van der Waals surface area contributed by atoms with Crippen molar-refractivity contribution < 1.29 is 23.5 Å². The van der Waals surface area contributed by atoms with Crippen LogP contribution in [0.4, 0.5) is 4.79 Å². The molecule has 0 aliphatic heterocycles. The molecule has 0 bridgehead atoms. The summed E-state index contributed by atoms with van der Waals surface area (Å²) in [5, 5.41) is 3.37. The SMILES string of the molecule is CC[C@H](C)[C@H](NC(=O)OC(C)(C)C)C(=O)Oc1ccc2c(C)c(C)c(=O)oc2c1. The molecule has 1 aromatic carbocycles. The molecule has 0 unspecified atom stereocenters. The molecule has 0 aliphatic carbocycles. The van der Waals surface area contributed by atoms with Crippen LogP contribution in [0, 0.1) is 19.8 Å². The van der Waals surface area contributed by atoms with Gasteiger partial charge < -0.3 is 19.2 Å². The quantitative estimate of drug-likeness (QED) is 0.455. The molecule has 7 nitrogen and oxygen atoms in total. The lowest BCUT2D eigenvalue weighted by Crippen LogP contribution is -2.48. The topological polar surface area (TPSA) is 94.8 Å². The van der Waals surface area contributed by atoms with E-state index in [1.54, 1.807) is 39.8 Å². The van der Waals surface area contributed by atoms with Crippen molar-refractivity contribution in [2.75, 3.05) is 0 Å². The van der Waals surface area contributed by atoms with E-state index in [9.17, 15) is 14.4 Å². The van der Waals surface area contributed by atoms with Crippen LogP contribution < -0.4 is 15.7 Å². The molecule has 0 saturated carbocycles. The molecule has 0 spiro atoms.